The zero-order chi connectivity index (χ0) is 18.8. The highest BCUT2D eigenvalue weighted by atomic mass is 79.9. The summed E-state index contributed by atoms with van der Waals surface area (Å²) in [6, 6.07) is 7.24. The van der Waals surface area contributed by atoms with Crippen LogP contribution >= 0.6 is 15.9 Å². The highest BCUT2D eigenvalue weighted by Crippen LogP contribution is 2.11. The van der Waals surface area contributed by atoms with Crippen LogP contribution in [0, 0.1) is 0 Å². The molecule has 8 heteroatoms. The molecule has 0 spiro atoms. The van der Waals surface area contributed by atoms with E-state index < -0.39 is 0 Å². The second-order valence-electron chi connectivity index (χ2n) is 5.98. The van der Waals surface area contributed by atoms with Gasteiger partial charge in [-0.1, -0.05) is 22.0 Å². The van der Waals surface area contributed by atoms with Crippen molar-refractivity contribution in [2.24, 2.45) is 4.99 Å². The molecular weight excluding hydrogens is 398 g/mol. The third-order valence-electron chi connectivity index (χ3n) is 3.97. The van der Waals surface area contributed by atoms with Crippen LogP contribution in [0.2, 0.25) is 0 Å². The Morgan fingerprint density at radius 1 is 1.15 bits per heavy atom. The van der Waals surface area contributed by atoms with Crippen molar-refractivity contribution < 1.29 is 9.59 Å². The molecule has 0 bridgehead atoms. The number of guanidine groups is 1. The van der Waals surface area contributed by atoms with E-state index in [-0.39, 0.29) is 18.4 Å². The molecule has 0 saturated carbocycles. The van der Waals surface area contributed by atoms with E-state index >= 15 is 0 Å². The van der Waals surface area contributed by atoms with Gasteiger partial charge in [-0.3, -0.25) is 9.59 Å². The lowest BCUT2D eigenvalue weighted by Crippen LogP contribution is -2.42. The molecule has 26 heavy (non-hydrogen) atoms. The minimum absolute atomic E-state index is 0.0580. The summed E-state index contributed by atoms with van der Waals surface area (Å²) in [7, 11) is 0. The van der Waals surface area contributed by atoms with Crippen LogP contribution in [-0.2, 0) is 4.79 Å². The fourth-order valence-electron chi connectivity index (χ4n) is 2.64. The molecule has 142 valence electrons. The second kappa shape index (κ2) is 10.8. The van der Waals surface area contributed by atoms with Crippen LogP contribution < -0.4 is 16.0 Å². The van der Waals surface area contributed by atoms with Gasteiger partial charge in [0.05, 0.1) is 0 Å². The molecule has 1 aromatic rings. The van der Waals surface area contributed by atoms with Gasteiger partial charge in [0, 0.05) is 42.8 Å². The maximum atomic E-state index is 12.1. The van der Waals surface area contributed by atoms with Gasteiger partial charge in [-0.2, -0.15) is 0 Å². The van der Waals surface area contributed by atoms with Gasteiger partial charge in [-0.05, 0) is 38.0 Å². The molecule has 7 nitrogen and oxygen atoms in total. The summed E-state index contributed by atoms with van der Waals surface area (Å²) in [6.07, 6.45) is 2.15. The smallest absolute Gasteiger partial charge is 0.251 e. The van der Waals surface area contributed by atoms with Gasteiger partial charge in [0.1, 0.15) is 6.54 Å². The van der Waals surface area contributed by atoms with Gasteiger partial charge in [-0.15, -0.1) is 0 Å². The standard InChI is InChI=1S/C18H26BrN5O2/c1-2-20-18(23-13-16(25)24-10-3-4-11-24)22-9-8-21-17(26)14-6-5-7-15(19)12-14/h5-7,12H,2-4,8-11,13H2,1H3,(H,21,26)(H2,20,22,23). The predicted octanol–water partition coefficient (Wildman–Crippen LogP) is 1.36. The van der Waals surface area contributed by atoms with Crippen LogP contribution in [-0.4, -0.2) is 61.9 Å². The molecule has 1 heterocycles. The van der Waals surface area contributed by atoms with Crippen molar-refractivity contribution >= 4 is 33.7 Å². The lowest BCUT2D eigenvalue weighted by atomic mass is 10.2. The lowest BCUT2D eigenvalue weighted by molar-refractivity contribution is -0.128. The molecule has 1 aromatic carbocycles. The zero-order valence-electron chi connectivity index (χ0n) is 15.1. The molecule has 1 aliphatic rings. The Morgan fingerprint density at radius 3 is 2.58 bits per heavy atom. The van der Waals surface area contributed by atoms with Crippen LogP contribution in [0.4, 0.5) is 0 Å². The zero-order valence-corrected chi connectivity index (χ0v) is 16.6. The highest BCUT2D eigenvalue weighted by Gasteiger charge is 2.17. The van der Waals surface area contributed by atoms with Crippen molar-refractivity contribution in [3.63, 3.8) is 0 Å². The molecule has 1 aliphatic heterocycles. The number of amides is 2. The first-order chi connectivity index (χ1) is 12.6. The summed E-state index contributed by atoms with van der Waals surface area (Å²) in [5.41, 5.74) is 0.608. The van der Waals surface area contributed by atoms with Gasteiger partial charge >= 0.3 is 0 Å². The van der Waals surface area contributed by atoms with Crippen LogP contribution in [0.25, 0.3) is 0 Å². The van der Waals surface area contributed by atoms with Gasteiger partial charge in [-0.25, -0.2) is 4.99 Å². The van der Waals surface area contributed by atoms with Gasteiger partial charge < -0.3 is 20.9 Å². The van der Waals surface area contributed by atoms with E-state index in [9.17, 15) is 9.59 Å². The molecule has 2 amide bonds. The van der Waals surface area contributed by atoms with Gasteiger partial charge in [0.15, 0.2) is 5.96 Å². The van der Waals surface area contributed by atoms with Crippen LogP contribution in [0.15, 0.2) is 33.7 Å². The normalized spacial score (nSPS) is 14.2. The predicted molar refractivity (Wildman–Crippen MR) is 106 cm³/mol. The van der Waals surface area contributed by atoms with E-state index in [2.05, 4.69) is 36.9 Å². The molecule has 0 radical (unpaired) electrons. The van der Waals surface area contributed by atoms with E-state index in [1.165, 1.54) is 0 Å². The molecule has 0 atom stereocenters. The molecule has 1 fully saturated rings. The highest BCUT2D eigenvalue weighted by molar-refractivity contribution is 9.10. The second-order valence-corrected chi connectivity index (χ2v) is 6.89. The van der Waals surface area contributed by atoms with Crippen LogP contribution in [0.5, 0.6) is 0 Å². The van der Waals surface area contributed by atoms with E-state index in [4.69, 9.17) is 0 Å². The number of nitrogens with zero attached hydrogens (tertiary/aromatic N) is 2. The Hall–Kier alpha value is -2.09. The first-order valence-corrected chi connectivity index (χ1v) is 9.73. The number of hydrogen-bond acceptors (Lipinski definition) is 3. The largest absolute Gasteiger partial charge is 0.357 e. The fraction of sp³-hybridized carbons (Fsp3) is 0.500. The third-order valence-corrected chi connectivity index (χ3v) is 4.46. The molecule has 1 saturated heterocycles. The topological polar surface area (TPSA) is 85.8 Å². The van der Waals surface area contributed by atoms with Crippen molar-refractivity contribution in [3.8, 4) is 0 Å². The number of carbonyl (C=O) groups excluding carboxylic acids is 2. The summed E-state index contributed by atoms with van der Waals surface area (Å²) >= 11 is 3.35. The Morgan fingerprint density at radius 2 is 1.88 bits per heavy atom. The fourth-order valence-corrected chi connectivity index (χ4v) is 3.04. The molecule has 0 aliphatic carbocycles. The molecule has 0 unspecified atom stereocenters. The number of hydrogen-bond donors (Lipinski definition) is 3. The molecule has 3 N–H and O–H groups in total. The van der Waals surface area contributed by atoms with Crippen molar-refractivity contribution in [1.82, 2.24) is 20.9 Å². The average Bonchev–Trinajstić information content (AvgIpc) is 3.17. The van der Waals surface area contributed by atoms with Crippen molar-refractivity contribution in [2.45, 2.75) is 19.8 Å². The first kappa shape index (κ1) is 20.2. The summed E-state index contributed by atoms with van der Waals surface area (Å²) in [4.78, 5) is 30.3. The van der Waals surface area contributed by atoms with E-state index in [1.54, 1.807) is 12.1 Å². The number of rotatable bonds is 7. The quantitative estimate of drug-likeness (QED) is 0.351. The van der Waals surface area contributed by atoms with E-state index in [0.29, 0.717) is 31.2 Å². The number of benzene rings is 1. The molecular formula is C18H26BrN5O2. The lowest BCUT2D eigenvalue weighted by Gasteiger charge is -2.15. The number of nitrogens with one attached hydrogen (secondary N) is 3. The minimum atomic E-state index is -0.126. The Labute approximate surface area is 162 Å². The van der Waals surface area contributed by atoms with Crippen molar-refractivity contribution in [2.75, 3.05) is 39.3 Å². The van der Waals surface area contributed by atoms with Crippen LogP contribution in [0.3, 0.4) is 0 Å². The van der Waals surface area contributed by atoms with Crippen LogP contribution in [0.1, 0.15) is 30.1 Å². The maximum Gasteiger partial charge on any atom is 0.251 e. The molecule has 2 rings (SSSR count). The summed E-state index contributed by atoms with van der Waals surface area (Å²) in [5, 5.41) is 9.09. The maximum absolute atomic E-state index is 12.1. The Balaban J connectivity index is 1.74. The Bertz CT molecular complexity index is 644. The SMILES string of the molecule is CCNC(=NCC(=O)N1CCCC1)NCCNC(=O)c1cccc(Br)c1. The summed E-state index contributed by atoms with van der Waals surface area (Å²) in [6.45, 7) is 5.45. The number of aliphatic imine (C=N–C) groups is 1. The average molecular weight is 424 g/mol. The monoisotopic (exact) mass is 423 g/mol. The van der Waals surface area contributed by atoms with Gasteiger partial charge in [0.2, 0.25) is 5.91 Å². The third kappa shape index (κ3) is 6.67. The van der Waals surface area contributed by atoms with Gasteiger partial charge in [0.25, 0.3) is 5.91 Å². The number of likely N-dealkylation sites (tertiary alicyclic amines) is 1. The minimum Gasteiger partial charge on any atom is -0.357 e. The molecule has 0 aromatic heterocycles. The first-order valence-electron chi connectivity index (χ1n) is 8.94. The summed E-state index contributed by atoms with van der Waals surface area (Å²) < 4.78 is 0.868. The Kier molecular flexibility index (Phi) is 8.40. The van der Waals surface area contributed by atoms with E-state index in [0.717, 1.165) is 30.4 Å². The number of halogens is 1. The summed E-state index contributed by atoms with van der Waals surface area (Å²) in [5.74, 6) is 0.513. The van der Waals surface area contributed by atoms with Crippen molar-refractivity contribution in [3.05, 3.63) is 34.3 Å². The number of carbonyl (C=O) groups is 2. The van der Waals surface area contributed by atoms with E-state index in [1.807, 2.05) is 24.0 Å². The van der Waals surface area contributed by atoms with Crippen molar-refractivity contribution in [1.29, 1.82) is 0 Å².